The zero-order chi connectivity index (χ0) is 18.6. The molecule has 0 heterocycles. The number of amides is 1. The maximum Gasteiger partial charge on any atom is 0.267 e. The van der Waals surface area contributed by atoms with Crippen LogP contribution in [-0.2, 0) is 10.0 Å². The van der Waals surface area contributed by atoms with Gasteiger partial charge in [-0.05, 0) is 48.6 Å². The van der Waals surface area contributed by atoms with E-state index in [2.05, 4.69) is 10.3 Å². The SMILES string of the molecule is O=C(NNS(=O)(=O)c1ccc(C2CCCCC2)cc1)c1ccccc1Cl. The molecule has 138 valence electrons. The third-order valence-corrected chi connectivity index (χ3v) is 6.28. The molecule has 1 saturated carbocycles. The van der Waals surface area contributed by atoms with Crippen LogP contribution in [0.25, 0.3) is 0 Å². The number of halogens is 1. The summed E-state index contributed by atoms with van der Waals surface area (Å²) in [7, 11) is -3.85. The van der Waals surface area contributed by atoms with Gasteiger partial charge in [-0.3, -0.25) is 10.2 Å². The first-order chi connectivity index (χ1) is 12.5. The van der Waals surface area contributed by atoms with E-state index in [0.717, 1.165) is 12.8 Å². The Hall–Kier alpha value is -1.89. The average Bonchev–Trinajstić information content (AvgIpc) is 2.67. The van der Waals surface area contributed by atoms with E-state index < -0.39 is 15.9 Å². The lowest BCUT2D eigenvalue weighted by atomic mass is 9.84. The zero-order valence-corrected chi connectivity index (χ0v) is 15.8. The minimum absolute atomic E-state index is 0.108. The number of rotatable bonds is 5. The van der Waals surface area contributed by atoms with Gasteiger partial charge in [0.15, 0.2) is 0 Å². The summed E-state index contributed by atoms with van der Waals surface area (Å²) in [5.41, 5.74) is 3.56. The van der Waals surface area contributed by atoms with Crippen molar-refractivity contribution in [2.24, 2.45) is 0 Å². The van der Waals surface area contributed by atoms with E-state index in [9.17, 15) is 13.2 Å². The fourth-order valence-corrected chi connectivity index (χ4v) is 4.30. The van der Waals surface area contributed by atoms with Crippen LogP contribution >= 0.6 is 11.6 Å². The number of hydrogen-bond donors (Lipinski definition) is 2. The molecule has 0 bridgehead atoms. The average molecular weight is 393 g/mol. The van der Waals surface area contributed by atoms with Crippen molar-refractivity contribution in [3.05, 3.63) is 64.7 Å². The van der Waals surface area contributed by atoms with Gasteiger partial charge in [0.1, 0.15) is 0 Å². The minimum atomic E-state index is -3.85. The molecule has 0 atom stereocenters. The van der Waals surface area contributed by atoms with E-state index in [0.29, 0.717) is 5.92 Å². The van der Waals surface area contributed by atoms with Crippen molar-refractivity contribution in [2.75, 3.05) is 0 Å². The Balaban J connectivity index is 1.66. The van der Waals surface area contributed by atoms with Crippen molar-refractivity contribution < 1.29 is 13.2 Å². The zero-order valence-electron chi connectivity index (χ0n) is 14.2. The van der Waals surface area contributed by atoms with Gasteiger partial charge in [-0.25, -0.2) is 8.42 Å². The molecule has 0 radical (unpaired) electrons. The van der Waals surface area contributed by atoms with E-state index in [-0.39, 0.29) is 15.5 Å². The third-order valence-electron chi connectivity index (χ3n) is 4.68. The molecule has 0 aromatic heterocycles. The van der Waals surface area contributed by atoms with Crippen LogP contribution in [0, 0.1) is 0 Å². The van der Waals surface area contributed by atoms with Gasteiger partial charge < -0.3 is 0 Å². The van der Waals surface area contributed by atoms with Crippen LogP contribution in [0.5, 0.6) is 0 Å². The summed E-state index contributed by atoms with van der Waals surface area (Å²) in [5.74, 6) is -0.105. The molecule has 2 aromatic carbocycles. The van der Waals surface area contributed by atoms with Crippen molar-refractivity contribution in [3.8, 4) is 0 Å². The third kappa shape index (κ3) is 4.44. The minimum Gasteiger partial charge on any atom is -0.273 e. The summed E-state index contributed by atoms with van der Waals surface area (Å²) < 4.78 is 24.8. The second-order valence-corrected chi connectivity index (χ2v) is 8.53. The topological polar surface area (TPSA) is 75.3 Å². The van der Waals surface area contributed by atoms with Gasteiger partial charge in [-0.15, -0.1) is 4.83 Å². The summed E-state index contributed by atoms with van der Waals surface area (Å²) in [6, 6.07) is 13.3. The highest BCUT2D eigenvalue weighted by Crippen LogP contribution is 2.32. The Morgan fingerprint density at radius 3 is 2.27 bits per heavy atom. The highest BCUT2D eigenvalue weighted by molar-refractivity contribution is 7.89. The lowest BCUT2D eigenvalue weighted by Gasteiger charge is -2.22. The smallest absolute Gasteiger partial charge is 0.267 e. The molecule has 0 unspecified atom stereocenters. The largest absolute Gasteiger partial charge is 0.273 e. The predicted molar refractivity (Wildman–Crippen MR) is 102 cm³/mol. The van der Waals surface area contributed by atoms with Crippen LogP contribution in [0.15, 0.2) is 53.4 Å². The fourth-order valence-electron chi connectivity index (χ4n) is 3.24. The highest BCUT2D eigenvalue weighted by Gasteiger charge is 2.19. The number of hydrogen-bond acceptors (Lipinski definition) is 3. The first-order valence-electron chi connectivity index (χ1n) is 8.64. The number of hydrazine groups is 1. The Labute approximate surface area is 158 Å². The Morgan fingerprint density at radius 2 is 1.62 bits per heavy atom. The maximum atomic E-state index is 12.4. The van der Waals surface area contributed by atoms with Gasteiger partial charge in [-0.1, -0.05) is 55.1 Å². The van der Waals surface area contributed by atoms with E-state index in [1.54, 1.807) is 30.3 Å². The van der Waals surface area contributed by atoms with Crippen molar-refractivity contribution >= 4 is 27.5 Å². The van der Waals surface area contributed by atoms with Gasteiger partial charge in [0, 0.05) is 0 Å². The number of carbonyl (C=O) groups excluding carboxylic acids is 1. The lowest BCUT2D eigenvalue weighted by molar-refractivity contribution is 0.0945. The lowest BCUT2D eigenvalue weighted by Crippen LogP contribution is -2.41. The molecule has 1 aliphatic carbocycles. The van der Waals surface area contributed by atoms with Gasteiger partial charge in [-0.2, -0.15) is 0 Å². The van der Waals surface area contributed by atoms with Crippen molar-refractivity contribution in [1.82, 2.24) is 10.3 Å². The molecular formula is C19H21ClN2O3S. The summed E-state index contributed by atoms with van der Waals surface area (Å²) in [6.45, 7) is 0. The van der Waals surface area contributed by atoms with Crippen LogP contribution in [-0.4, -0.2) is 14.3 Å². The van der Waals surface area contributed by atoms with Crippen molar-refractivity contribution in [1.29, 1.82) is 0 Å². The van der Waals surface area contributed by atoms with E-state index in [4.69, 9.17) is 11.6 Å². The molecule has 7 heteroatoms. The van der Waals surface area contributed by atoms with E-state index in [1.807, 2.05) is 12.1 Å². The van der Waals surface area contributed by atoms with Gasteiger partial charge in [0.25, 0.3) is 15.9 Å². The molecule has 2 N–H and O–H groups in total. The molecule has 0 spiro atoms. The Kier molecular flexibility index (Phi) is 5.96. The van der Waals surface area contributed by atoms with Crippen LogP contribution < -0.4 is 10.3 Å². The molecule has 5 nitrogen and oxygen atoms in total. The number of sulfonamides is 1. The van der Waals surface area contributed by atoms with Gasteiger partial charge in [0.05, 0.1) is 15.5 Å². The number of carbonyl (C=O) groups is 1. The molecule has 1 aliphatic rings. The summed E-state index contributed by atoms with van der Waals surface area (Å²) in [4.78, 5) is 14.3. The predicted octanol–water partition coefficient (Wildman–Crippen LogP) is 4.01. The normalized spacial score (nSPS) is 15.6. The number of benzene rings is 2. The fraction of sp³-hybridized carbons (Fsp3) is 0.316. The van der Waals surface area contributed by atoms with Crippen molar-refractivity contribution in [2.45, 2.75) is 42.9 Å². The monoisotopic (exact) mass is 392 g/mol. The summed E-state index contributed by atoms with van der Waals surface area (Å²) in [6.07, 6.45) is 6.02. The van der Waals surface area contributed by atoms with Gasteiger partial charge in [0.2, 0.25) is 0 Å². The van der Waals surface area contributed by atoms with E-state index >= 15 is 0 Å². The molecule has 26 heavy (non-hydrogen) atoms. The molecule has 2 aromatic rings. The summed E-state index contributed by atoms with van der Waals surface area (Å²) >= 11 is 5.94. The Bertz CT molecular complexity index is 876. The summed E-state index contributed by atoms with van der Waals surface area (Å²) in [5, 5.41) is 0.251. The molecular weight excluding hydrogens is 372 g/mol. The second-order valence-electron chi connectivity index (χ2n) is 6.44. The molecule has 3 rings (SSSR count). The first kappa shape index (κ1) is 18.9. The quantitative estimate of drug-likeness (QED) is 0.755. The van der Waals surface area contributed by atoms with Crippen LogP contribution in [0.3, 0.4) is 0 Å². The van der Waals surface area contributed by atoms with Crippen LogP contribution in [0.1, 0.15) is 53.9 Å². The highest BCUT2D eigenvalue weighted by atomic mass is 35.5. The molecule has 1 amide bonds. The van der Waals surface area contributed by atoms with Crippen LogP contribution in [0.4, 0.5) is 0 Å². The standard InChI is InChI=1S/C19H21ClN2O3S/c20-18-9-5-4-8-17(18)19(23)21-22-26(24,25)16-12-10-15(11-13-16)14-6-2-1-3-7-14/h4-5,8-14,22H,1-3,6-7H2,(H,21,23). The second kappa shape index (κ2) is 8.20. The van der Waals surface area contributed by atoms with Crippen LogP contribution in [0.2, 0.25) is 5.02 Å². The Morgan fingerprint density at radius 1 is 0.962 bits per heavy atom. The first-order valence-corrected chi connectivity index (χ1v) is 10.5. The molecule has 0 saturated heterocycles. The van der Waals surface area contributed by atoms with E-state index in [1.165, 1.54) is 30.9 Å². The van der Waals surface area contributed by atoms with Gasteiger partial charge >= 0.3 is 0 Å². The molecule has 1 fully saturated rings. The molecule has 0 aliphatic heterocycles. The maximum absolute atomic E-state index is 12.4. The number of nitrogens with one attached hydrogen (secondary N) is 2. The van der Waals surface area contributed by atoms with Crippen molar-refractivity contribution in [3.63, 3.8) is 0 Å².